The Labute approximate surface area is 101 Å². The van der Waals surface area contributed by atoms with Crippen molar-refractivity contribution >= 4 is 11.5 Å². The Morgan fingerprint density at radius 3 is 2.94 bits per heavy atom. The highest BCUT2D eigenvalue weighted by molar-refractivity contribution is 5.50. The summed E-state index contributed by atoms with van der Waals surface area (Å²) in [6.07, 6.45) is 3.75. The van der Waals surface area contributed by atoms with Gasteiger partial charge in [-0.2, -0.15) is 0 Å². The molecule has 0 aliphatic carbocycles. The van der Waals surface area contributed by atoms with E-state index in [-0.39, 0.29) is 0 Å². The van der Waals surface area contributed by atoms with Crippen LogP contribution in [-0.4, -0.2) is 37.1 Å². The third-order valence-electron chi connectivity index (χ3n) is 3.32. The zero-order valence-corrected chi connectivity index (χ0v) is 9.76. The first kappa shape index (κ1) is 10.8. The predicted molar refractivity (Wildman–Crippen MR) is 64.7 cm³/mol. The molecule has 17 heavy (non-hydrogen) atoms. The number of pyridine rings is 1. The van der Waals surface area contributed by atoms with Gasteiger partial charge >= 0.3 is 0 Å². The Kier molecular flexibility index (Phi) is 2.64. The quantitative estimate of drug-likeness (QED) is 0.787. The molecule has 5 nitrogen and oxygen atoms in total. The molecule has 2 N–H and O–H groups in total. The molecule has 5 heteroatoms. The lowest BCUT2D eigenvalue weighted by Crippen LogP contribution is -2.49. The van der Waals surface area contributed by atoms with Crippen LogP contribution in [0.2, 0.25) is 0 Å². The molecule has 1 aromatic rings. The van der Waals surface area contributed by atoms with Crippen molar-refractivity contribution in [1.82, 2.24) is 4.98 Å². The van der Waals surface area contributed by atoms with E-state index in [1.165, 1.54) is 0 Å². The van der Waals surface area contributed by atoms with Crippen LogP contribution in [0.15, 0.2) is 18.3 Å². The van der Waals surface area contributed by atoms with Crippen molar-refractivity contribution in [2.24, 2.45) is 0 Å². The van der Waals surface area contributed by atoms with Gasteiger partial charge in [0.15, 0.2) is 5.79 Å². The fourth-order valence-electron chi connectivity index (χ4n) is 2.52. The summed E-state index contributed by atoms with van der Waals surface area (Å²) in [5, 5.41) is 0. The van der Waals surface area contributed by atoms with Gasteiger partial charge in [0, 0.05) is 30.9 Å². The number of hydrogen-bond donors (Lipinski definition) is 1. The van der Waals surface area contributed by atoms with Crippen LogP contribution in [0.5, 0.6) is 0 Å². The Morgan fingerprint density at radius 2 is 2.18 bits per heavy atom. The summed E-state index contributed by atoms with van der Waals surface area (Å²) in [7, 11) is 0. The van der Waals surface area contributed by atoms with Gasteiger partial charge in [-0.1, -0.05) is 0 Å². The lowest BCUT2D eigenvalue weighted by Gasteiger charge is -2.39. The molecule has 0 radical (unpaired) electrons. The van der Waals surface area contributed by atoms with Crippen LogP contribution in [0.4, 0.5) is 11.5 Å². The van der Waals surface area contributed by atoms with E-state index >= 15 is 0 Å². The minimum absolute atomic E-state index is 0.412. The molecule has 3 rings (SSSR count). The SMILES string of the molecule is Nc1ccnc(N2CCCC3(C2)OCCO3)c1. The Morgan fingerprint density at radius 1 is 1.35 bits per heavy atom. The minimum Gasteiger partial charge on any atom is -0.399 e. The highest BCUT2D eigenvalue weighted by atomic mass is 16.7. The first-order chi connectivity index (χ1) is 8.27. The van der Waals surface area contributed by atoms with Crippen LogP contribution in [0, 0.1) is 0 Å². The van der Waals surface area contributed by atoms with E-state index in [1.807, 2.05) is 6.07 Å². The van der Waals surface area contributed by atoms with Crippen LogP contribution in [0.25, 0.3) is 0 Å². The Bertz CT molecular complexity index is 404. The maximum Gasteiger partial charge on any atom is 0.186 e. The molecular formula is C12H17N3O2. The lowest BCUT2D eigenvalue weighted by molar-refractivity contribution is -0.161. The molecule has 2 aliphatic heterocycles. The van der Waals surface area contributed by atoms with Gasteiger partial charge < -0.3 is 20.1 Å². The van der Waals surface area contributed by atoms with Crippen molar-refractivity contribution < 1.29 is 9.47 Å². The van der Waals surface area contributed by atoms with E-state index in [2.05, 4.69) is 9.88 Å². The first-order valence-electron chi connectivity index (χ1n) is 6.02. The molecule has 0 aromatic carbocycles. The second-order valence-corrected chi connectivity index (χ2v) is 4.58. The minimum atomic E-state index is -0.412. The van der Waals surface area contributed by atoms with Crippen LogP contribution >= 0.6 is 0 Å². The normalized spacial score (nSPS) is 23.2. The predicted octanol–water partition coefficient (Wildman–Crippen LogP) is 1.01. The molecule has 0 atom stereocenters. The van der Waals surface area contributed by atoms with Crippen molar-refractivity contribution in [3.63, 3.8) is 0 Å². The number of hydrogen-bond acceptors (Lipinski definition) is 5. The van der Waals surface area contributed by atoms with Gasteiger partial charge in [-0.05, 0) is 12.5 Å². The van der Waals surface area contributed by atoms with Crippen molar-refractivity contribution in [1.29, 1.82) is 0 Å². The topological polar surface area (TPSA) is 60.6 Å². The second kappa shape index (κ2) is 4.16. The third-order valence-corrected chi connectivity index (χ3v) is 3.32. The first-order valence-corrected chi connectivity index (χ1v) is 6.02. The molecule has 2 saturated heterocycles. The lowest BCUT2D eigenvalue weighted by atomic mass is 10.0. The molecule has 2 fully saturated rings. The Balaban J connectivity index is 1.79. The number of piperidine rings is 1. The van der Waals surface area contributed by atoms with E-state index < -0.39 is 5.79 Å². The smallest absolute Gasteiger partial charge is 0.186 e. The number of nitrogens with zero attached hydrogens (tertiary/aromatic N) is 2. The van der Waals surface area contributed by atoms with Crippen molar-refractivity contribution in [3.05, 3.63) is 18.3 Å². The summed E-state index contributed by atoms with van der Waals surface area (Å²) in [6, 6.07) is 3.69. The maximum atomic E-state index is 5.78. The maximum absolute atomic E-state index is 5.78. The molecule has 0 unspecified atom stereocenters. The van der Waals surface area contributed by atoms with Crippen LogP contribution in [0.3, 0.4) is 0 Å². The van der Waals surface area contributed by atoms with Gasteiger partial charge in [0.25, 0.3) is 0 Å². The fraction of sp³-hybridized carbons (Fsp3) is 0.583. The molecule has 3 heterocycles. The average Bonchev–Trinajstić information content (AvgIpc) is 2.77. The van der Waals surface area contributed by atoms with E-state index in [1.54, 1.807) is 12.3 Å². The number of aromatic nitrogens is 1. The molecule has 2 aliphatic rings. The number of ether oxygens (including phenoxy) is 2. The summed E-state index contributed by atoms with van der Waals surface area (Å²) in [5.41, 5.74) is 6.52. The molecule has 1 spiro atoms. The van der Waals surface area contributed by atoms with Gasteiger partial charge in [-0.15, -0.1) is 0 Å². The highest BCUT2D eigenvalue weighted by Crippen LogP contribution is 2.32. The summed E-state index contributed by atoms with van der Waals surface area (Å²) in [5.74, 6) is 0.494. The van der Waals surface area contributed by atoms with Gasteiger partial charge in [0.05, 0.1) is 19.8 Å². The van der Waals surface area contributed by atoms with Crippen LogP contribution < -0.4 is 10.6 Å². The second-order valence-electron chi connectivity index (χ2n) is 4.58. The van der Waals surface area contributed by atoms with E-state index in [0.717, 1.165) is 37.4 Å². The van der Waals surface area contributed by atoms with Crippen molar-refractivity contribution in [2.45, 2.75) is 18.6 Å². The summed E-state index contributed by atoms with van der Waals surface area (Å²) < 4.78 is 11.5. The molecule has 0 saturated carbocycles. The van der Waals surface area contributed by atoms with Gasteiger partial charge in [0.1, 0.15) is 5.82 Å². The highest BCUT2D eigenvalue weighted by Gasteiger charge is 2.41. The van der Waals surface area contributed by atoms with E-state index in [4.69, 9.17) is 15.2 Å². The molecule has 0 amide bonds. The number of nitrogen functional groups attached to an aromatic ring is 1. The fourth-order valence-corrected chi connectivity index (χ4v) is 2.52. The Hall–Kier alpha value is -1.33. The summed E-state index contributed by atoms with van der Waals surface area (Å²) >= 11 is 0. The van der Waals surface area contributed by atoms with E-state index in [0.29, 0.717) is 13.2 Å². The van der Waals surface area contributed by atoms with Gasteiger partial charge in [0.2, 0.25) is 0 Å². The molecule has 0 bridgehead atoms. The summed E-state index contributed by atoms with van der Waals surface area (Å²) in [6.45, 7) is 3.10. The standard InChI is InChI=1S/C12H17N3O2/c13-10-2-4-14-11(8-10)15-5-1-3-12(9-15)16-6-7-17-12/h2,4,8H,1,3,5-7,9H2,(H2,13,14). The zero-order valence-electron chi connectivity index (χ0n) is 9.76. The summed E-state index contributed by atoms with van der Waals surface area (Å²) in [4.78, 5) is 6.54. The van der Waals surface area contributed by atoms with Crippen LogP contribution in [0.1, 0.15) is 12.8 Å². The number of anilines is 2. The van der Waals surface area contributed by atoms with Gasteiger partial charge in [-0.3, -0.25) is 0 Å². The molecule has 92 valence electrons. The average molecular weight is 235 g/mol. The van der Waals surface area contributed by atoms with Gasteiger partial charge in [-0.25, -0.2) is 4.98 Å². The monoisotopic (exact) mass is 235 g/mol. The zero-order chi connectivity index (χ0) is 11.7. The molecular weight excluding hydrogens is 218 g/mol. The van der Waals surface area contributed by atoms with Crippen molar-refractivity contribution in [2.75, 3.05) is 36.9 Å². The number of nitrogens with two attached hydrogens (primary N) is 1. The largest absolute Gasteiger partial charge is 0.399 e. The third kappa shape index (κ3) is 2.08. The van der Waals surface area contributed by atoms with Crippen molar-refractivity contribution in [3.8, 4) is 0 Å². The molecule has 1 aromatic heterocycles. The van der Waals surface area contributed by atoms with E-state index in [9.17, 15) is 0 Å². The number of rotatable bonds is 1. The van der Waals surface area contributed by atoms with Crippen LogP contribution in [-0.2, 0) is 9.47 Å².